The van der Waals surface area contributed by atoms with Gasteiger partial charge < -0.3 is 15.5 Å². The van der Waals surface area contributed by atoms with E-state index in [1.807, 2.05) is 12.1 Å². The summed E-state index contributed by atoms with van der Waals surface area (Å²) in [6.45, 7) is 2.97. The van der Waals surface area contributed by atoms with Gasteiger partial charge in [-0.25, -0.2) is 0 Å². The zero-order valence-corrected chi connectivity index (χ0v) is 17.5. The van der Waals surface area contributed by atoms with Gasteiger partial charge in [0.1, 0.15) is 0 Å². The highest BCUT2D eigenvalue weighted by Crippen LogP contribution is 2.19. The van der Waals surface area contributed by atoms with Gasteiger partial charge >= 0.3 is 0 Å². The van der Waals surface area contributed by atoms with Crippen LogP contribution in [0.3, 0.4) is 0 Å². The molecule has 0 bridgehead atoms. The van der Waals surface area contributed by atoms with Crippen molar-refractivity contribution in [2.45, 2.75) is 12.8 Å². The second kappa shape index (κ2) is 10.7. The lowest BCUT2D eigenvalue weighted by Crippen LogP contribution is -2.46. The molecular weight excluding hydrogens is 384 g/mol. The standard InChI is InChI=1S/C23H27ClN4O/c1-25-23(27-14-13-26-22(29)20-9-5-6-10-21(20)24)28-15-11-19(12-16-28)17-18-7-3-2-4-8-18/h2-10,17H,11-16H2,1H3,(H,25,27)(H,26,29). The lowest BCUT2D eigenvalue weighted by molar-refractivity contribution is 0.0954. The average Bonchev–Trinajstić information content (AvgIpc) is 2.75. The first kappa shape index (κ1) is 20.9. The van der Waals surface area contributed by atoms with Gasteiger partial charge in [0.2, 0.25) is 0 Å². The zero-order chi connectivity index (χ0) is 20.5. The lowest BCUT2D eigenvalue weighted by Gasteiger charge is -2.31. The minimum Gasteiger partial charge on any atom is -0.354 e. The van der Waals surface area contributed by atoms with Crippen LogP contribution >= 0.6 is 11.6 Å². The monoisotopic (exact) mass is 410 g/mol. The fourth-order valence-corrected chi connectivity index (χ4v) is 3.58. The molecule has 152 valence electrons. The third kappa shape index (κ3) is 6.09. The molecule has 29 heavy (non-hydrogen) atoms. The van der Waals surface area contributed by atoms with E-state index in [4.69, 9.17) is 11.6 Å². The number of rotatable bonds is 5. The van der Waals surface area contributed by atoms with E-state index in [-0.39, 0.29) is 5.91 Å². The largest absolute Gasteiger partial charge is 0.354 e. The van der Waals surface area contributed by atoms with Crippen LogP contribution < -0.4 is 10.6 Å². The Morgan fingerprint density at radius 1 is 1.03 bits per heavy atom. The molecule has 2 aromatic rings. The van der Waals surface area contributed by atoms with Crippen molar-refractivity contribution in [1.29, 1.82) is 0 Å². The number of aliphatic imine (C=N–C) groups is 1. The first-order valence-corrected chi connectivity index (χ1v) is 10.3. The molecular formula is C23H27ClN4O. The molecule has 2 N–H and O–H groups in total. The number of piperidine rings is 1. The molecule has 3 rings (SSSR count). The second-order valence-electron chi connectivity index (χ2n) is 6.91. The SMILES string of the molecule is CN=C(NCCNC(=O)c1ccccc1Cl)N1CCC(=Cc2ccccc2)CC1. The topological polar surface area (TPSA) is 56.7 Å². The van der Waals surface area contributed by atoms with Crippen LogP contribution in [-0.2, 0) is 0 Å². The molecule has 1 fully saturated rings. The van der Waals surface area contributed by atoms with E-state index in [0.717, 1.165) is 31.9 Å². The normalized spacial score (nSPS) is 14.5. The molecule has 6 heteroatoms. The van der Waals surface area contributed by atoms with E-state index >= 15 is 0 Å². The molecule has 2 aromatic carbocycles. The summed E-state index contributed by atoms with van der Waals surface area (Å²) in [7, 11) is 1.79. The van der Waals surface area contributed by atoms with Crippen LogP contribution in [-0.4, -0.2) is 50.0 Å². The van der Waals surface area contributed by atoms with Crippen LogP contribution in [0.15, 0.2) is 65.2 Å². The van der Waals surface area contributed by atoms with Crippen molar-refractivity contribution in [3.8, 4) is 0 Å². The highest BCUT2D eigenvalue weighted by molar-refractivity contribution is 6.33. The molecule has 0 saturated carbocycles. The molecule has 1 aliphatic rings. The van der Waals surface area contributed by atoms with Gasteiger partial charge in [-0.2, -0.15) is 0 Å². The first-order valence-electron chi connectivity index (χ1n) is 9.90. The zero-order valence-electron chi connectivity index (χ0n) is 16.7. The van der Waals surface area contributed by atoms with E-state index in [9.17, 15) is 4.79 Å². The van der Waals surface area contributed by atoms with E-state index in [1.54, 1.807) is 25.2 Å². The number of amides is 1. The summed E-state index contributed by atoms with van der Waals surface area (Å²) < 4.78 is 0. The Morgan fingerprint density at radius 2 is 1.69 bits per heavy atom. The van der Waals surface area contributed by atoms with Gasteiger partial charge in [0.05, 0.1) is 10.6 Å². The number of carbonyl (C=O) groups excluding carboxylic acids is 1. The summed E-state index contributed by atoms with van der Waals surface area (Å²) >= 11 is 6.06. The number of hydrogen-bond donors (Lipinski definition) is 2. The van der Waals surface area contributed by atoms with Gasteiger partial charge in [-0.1, -0.05) is 65.7 Å². The predicted octanol–water partition coefficient (Wildman–Crippen LogP) is 3.82. The molecule has 1 saturated heterocycles. The Balaban J connectivity index is 1.42. The smallest absolute Gasteiger partial charge is 0.252 e. The number of likely N-dealkylation sites (tertiary alicyclic amines) is 1. The molecule has 1 aliphatic heterocycles. The number of halogens is 1. The summed E-state index contributed by atoms with van der Waals surface area (Å²) in [5, 5.41) is 6.68. The lowest BCUT2D eigenvalue weighted by atomic mass is 10.0. The van der Waals surface area contributed by atoms with Crippen LogP contribution in [0.1, 0.15) is 28.8 Å². The van der Waals surface area contributed by atoms with Crippen molar-refractivity contribution in [3.05, 3.63) is 76.3 Å². The second-order valence-corrected chi connectivity index (χ2v) is 7.32. The van der Waals surface area contributed by atoms with Gasteiger partial charge in [-0.15, -0.1) is 0 Å². The number of guanidine groups is 1. The van der Waals surface area contributed by atoms with Crippen LogP contribution in [0.5, 0.6) is 0 Å². The van der Waals surface area contributed by atoms with E-state index in [1.165, 1.54) is 11.1 Å². The number of carbonyl (C=O) groups is 1. The summed E-state index contributed by atoms with van der Waals surface area (Å²) in [4.78, 5) is 18.8. The molecule has 0 radical (unpaired) electrons. The number of hydrogen-bond acceptors (Lipinski definition) is 2. The minimum atomic E-state index is -0.166. The summed E-state index contributed by atoms with van der Waals surface area (Å²) in [6, 6.07) is 17.5. The van der Waals surface area contributed by atoms with Crippen molar-refractivity contribution in [2.75, 3.05) is 33.2 Å². The van der Waals surface area contributed by atoms with Crippen molar-refractivity contribution in [3.63, 3.8) is 0 Å². The molecule has 0 atom stereocenters. The van der Waals surface area contributed by atoms with Gasteiger partial charge in [0.15, 0.2) is 5.96 Å². The molecule has 0 aromatic heterocycles. The van der Waals surface area contributed by atoms with Gasteiger partial charge in [-0.05, 0) is 30.5 Å². The molecule has 0 unspecified atom stereocenters. The number of benzene rings is 2. The fraction of sp³-hybridized carbons (Fsp3) is 0.304. The van der Waals surface area contributed by atoms with Crippen molar-refractivity contribution in [1.82, 2.24) is 15.5 Å². The molecule has 5 nitrogen and oxygen atoms in total. The Bertz CT molecular complexity index is 869. The Kier molecular flexibility index (Phi) is 7.70. The van der Waals surface area contributed by atoms with E-state index in [2.05, 4.69) is 50.9 Å². The number of nitrogens with zero attached hydrogens (tertiary/aromatic N) is 2. The maximum absolute atomic E-state index is 12.2. The third-order valence-corrected chi connectivity index (χ3v) is 5.23. The highest BCUT2D eigenvalue weighted by atomic mass is 35.5. The highest BCUT2D eigenvalue weighted by Gasteiger charge is 2.17. The minimum absolute atomic E-state index is 0.166. The molecule has 0 spiro atoms. The Labute approximate surface area is 177 Å². The van der Waals surface area contributed by atoms with E-state index < -0.39 is 0 Å². The van der Waals surface area contributed by atoms with Crippen LogP contribution in [0.25, 0.3) is 6.08 Å². The van der Waals surface area contributed by atoms with Crippen LogP contribution in [0.4, 0.5) is 0 Å². The Hall–Kier alpha value is -2.79. The molecule has 1 heterocycles. The van der Waals surface area contributed by atoms with Crippen molar-refractivity contribution < 1.29 is 4.79 Å². The van der Waals surface area contributed by atoms with Crippen molar-refractivity contribution in [2.24, 2.45) is 4.99 Å². The fourth-order valence-electron chi connectivity index (χ4n) is 3.36. The number of nitrogens with one attached hydrogen (secondary N) is 2. The van der Waals surface area contributed by atoms with Gasteiger partial charge in [0.25, 0.3) is 5.91 Å². The van der Waals surface area contributed by atoms with Crippen LogP contribution in [0.2, 0.25) is 5.02 Å². The van der Waals surface area contributed by atoms with Crippen LogP contribution in [0, 0.1) is 0 Å². The first-order chi connectivity index (χ1) is 14.2. The third-order valence-electron chi connectivity index (χ3n) is 4.90. The Morgan fingerprint density at radius 3 is 2.38 bits per heavy atom. The molecule has 1 amide bonds. The predicted molar refractivity (Wildman–Crippen MR) is 120 cm³/mol. The maximum atomic E-state index is 12.2. The average molecular weight is 411 g/mol. The quantitative estimate of drug-likeness (QED) is 0.447. The maximum Gasteiger partial charge on any atom is 0.252 e. The van der Waals surface area contributed by atoms with E-state index in [0.29, 0.717) is 23.7 Å². The molecule has 0 aliphatic carbocycles. The summed E-state index contributed by atoms with van der Waals surface area (Å²) in [5.41, 5.74) is 3.22. The van der Waals surface area contributed by atoms with Gasteiger partial charge in [-0.3, -0.25) is 9.79 Å². The summed E-state index contributed by atoms with van der Waals surface area (Å²) in [6.07, 6.45) is 4.34. The van der Waals surface area contributed by atoms with Gasteiger partial charge in [0, 0.05) is 33.2 Å². The van der Waals surface area contributed by atoms with Crippen molar-refractivity contribution >= 4 is 29.5 Å². The summed E-state index contributed by atoms with van der Waals surface area (Å²) in [5.74, 6) is 0.705.